The third-order valence-corrected chi connectivity index (χ3v) is 4.59. The Kier molecular flexibility index (Phi) is 4.05. The molecule has 3 nitrogen and oxygen atoms in total. The second-order valence-corrected chi connectivity index (χ2v) is 6.25. The van der Waals surface area contributed by atoms with Crippen molar-refractivity contribution in [2.24, 2.45) is 0 Å². The van der Waals surface area contributed by atoms with Gasteiger partial charge in [0.05, 0.1) is 11.4 Å². The molecule has 3 rings (SSSR count). The van der Waals surface area contributed by atoms with E-state index in [1.807, 2.05) is 10.7 Å². The number of nitrogens with one attached hydrogen (secondary N) is 1. The van der Waals surface area contributed by atoms with Gasteiger partial charge in [0, 0.05) is 23.3 Å². The van der Waals surface area contributed by atoms with Crippen molar-refractivity contribution in [3.05, 3.63) is 45.7 Å². The molecule has 1 fully saturated rings. The van der Waals surface area contributed by atoms with Crippen LogP contribution < -0.4 is 5.32 Å². The molecular formula is C17H22ClN3. The summed E-state index contributed by atoms with van der Waals surface area (Å²) >= 11 is 6.43. The number of halogens is 1. The second-order valence-electron chi connectivity index (χ2n) is 5.85. The van der Waals surface area contributed by atoms with Crippen LogP contribution in [0.3, 0.4) is 0 Å². The van der Waals surface area contributed by atoms with Gasteiger partial charge in [-0.1, -0.05) is 24.6 Å². The lowest BCUT2D eigenvalue weighted by atomic mass is 10.1. The van der Waals surface area contributed by atoms with Gasteiger partial charge in [-0.15, -0.1) is 0 Å². The number of benzene rings is 1. The van der Waals surface area contributed by atoms with Gasteiger partial charge in [0.15, 0.2) is 0 Å². The maximum Gasteiger partial charge on any atom is 0.0663 e. The van der Waals surface area contributed by atoms with Crippen molar-refractivity contribution < 1.29 is 0 Å². The molecule has 112 valence electrons. The van der Waals surface area contributed by atoms with Crippen molar-refractivity contribution in [3.63, 3.8) is 0 Å². The van der Waals surface area contributed by atoms with Gasteiger partial charge >= 0.3 is 0 Å². The molecule has 1 heterocycles. The van der Waals surface area contributed by atoms with Crippen LogP contribution in [0.1, 0.15) is 42.3 Å². The summed E-state index contributed by atoms with van der Waals surface area (Å²) in [6, 6.07) is 6.93. The zero-order valence-electron chi connectivity index (χ0n) is 12.9. The molecule has 0 atom stereocenters. The fraction of sp³-hybridized carbons (Fsp3) is 0.471. The minimum Gasteiger partial charge on any atom is -0.310 e. The topological polar surface area (TPSA) is 29.9 Å². The van der Waals surface area contributed by atoms with E-state index in [4.69, 9.17) is 11.6 Å². The van der Waals surface area contributed by atoms with E-state index in [2.05, 4.69) is 43.3 Å². The summed E-state index contributed by atoms with van der Waals surface area (Å²) < 4.78 is 2.00. The van der Waals surface area contributed by atoms with Gasteiger partial charge in [0.1, 0.15) is 0 Å². The minimum absolute atomic E-state index is 0.698. The summed E-state index contributed by atoms with van der Waals surface area (Å²) in [4.78, 5) is 0. The van der Waals surface area contributed by atoms with Crippen molar-refractivity contribution >= 4 is 11.6 Å². The third-order valence-electron chi connectivity index (χ3n) is 4.23. The van der Waals surface area contributed by atoms with Gasteiger partial charge in [0.25, 0.3) is 0 Å². The highest BCUT2D eigenvalue weighted by Crippen LogP contribution is 2.25. The first kappa shape index (κ1) is 14.6. The summed E-state index contributed by atoms with van der Waals surface area (Å²) in [6.45, 7) is 7.20. The van der Waals surface area contributed by atoms with E-state index in [1.54, 1.807) is 0 Å². The average Bonchev–Trinajstić information content (AvgIpc) is 3.23. The van der Waals surface area contributed by atoms with E-state index in [-0.39, 0.29) is 0 Å². The molecule has 0 spiro atoms. The van der Waals surface area contributed by atoms with Crippen molar-refractivity contribution in [1.29, 1.82) is 0 Å². The Hall–Kier alpha value is -1.32. The lowest BCUT2D eigenvalue weighted by Gasteiger charge is -2.10. The predicted octanol–water partition coefficient (Wildman–Crippen LogP) is 3.96. The van der Waals surface area contributed by atoms with Crippen LogP contribution in [0, 0.1) is 13.8 Å². The van der Waals surface area contributed by atoms with Crippen molar-refractivity contribution in [2.75, 3.05) is 0 Å². The van der Waals surface area contributed by atoms with Gasteiger partial charge in [-0.3, -0.25) is 0 Å². The van der Waals surface area contributed by atoms with Gasteiger partial charge in [0.2, 0.25) is 0 Å². The number of rotatable bonds is 5. The number of nitrogens with zero attached hydrogens (tertiary/aromatic N) is 2. The molecule has 0 amide bonds. The number of aromatic nitrogens is 2. The first-order valence-corrected chi connectivity index (χ1v) is 8.05. The molecule has 0 aliphatic heterocycles. The molecule has 1 aliphatic rings. The van der Waals surface area contributed by atoms with E-state index in [0.29, 0.717) is 6.04 Å². The van der Waals surface area contributed by atoms with Crippen LogP contribution in [-0.2, 0) is 13.0 Å². The van der Waals surface area contributed by atoms with E-state index in [0.717, 1.165) is 34.9 Å². The highest BCUT2D eigenvalue weighted by molar-refractivity contribution is 6.31. The molecule has 21 heavy (non-hydrogen) atoms. The molecule has 2 aromatic rings. The van der Waals surface area contributed by atoms with Crippen LogP contribution in [0.25, 0.3) is 5.69 Å². The molecule has 0 radical (unpaired) electrons. The monoisotopic (exact) mass is 303 g/mol. The van der Waals surface area contributed by atoms with Crippen LogP contribution in [0.5, 0.6) is 0 Å². The zero-order valence-corrected chi connectivity index (χ0v) is 13.7. The minimum atomic E-state index is 0.698. The number of hydrogen-bond donors (Lipinski definition) is 1. The SMILES string of the molecule is CCc1c(C)nn(-c2ccc(CNC3CC3)c(Cl)c2)c1C. The first-order chi connectivity index (χ1) is 10.1. The van der Waals surface area contributed by atoms with Gasteiger partial charge in [-0.2, -0.15) is 5.10 Å². The van der Waals surface area contributed by atoms with Crippen LogP contribution >= 0.6 is 11.6 Å². The fourth-order valence-corrected chi connectivity index (χ4v) is 3.03. The lowest BCUT2D eigenvalue weighted by Crippen LogP contribution is -2.15. The second kappa shape index (κ2) is 5.82. The Balaban J connectivity index is 1.87. The lowest BCUT2D eigenvalue weighted by molar-refractivity contribution is 0.687. The summed E-state index contributed by atoms with van der Waals surface area (Å²) in [5.74, 6) is 0. The molecule has 1 N–H and O–H groups in total. The van der Waals surface area contributed by atoms with Crippen LogP contribution in [0.15, 0.2) is 18.2 Å². The van der Waals surface area contributed by atoms with E-state index in [9.17, 15) is 0 Å². The summed E-state index contributed by atoms with van der Waals surface area (Å²) in [5, 5.41) is 8.96. The molecule has 4 heteroatoms. The third kappa shape index (κ3) is 2.99. The van der Waals surface area contributed by atoms with Gasteiger partial charge < -0.3 is 5.32 Å². The molecule has 0 unspecified atom stereocenters. The van der Waals surface area contributed by atoms with Crippen molar-refractivity contribution in [1.82, 2.24) is 15.1 Å². The average molecular weight is 304 g/mol. The maximum absolute atomic E-state index is 6.43. The van der Waals surface area contributed by atoms with Gasteiger partial charge in [-0.05, 0) is 56.4 Å². The molecule has 1 aliphatic carbocycles. The number of hydrogen-bond acceptors (Lipinski definition) is 2. The normalized spacial score (nSPS) is 14.7. The molecule has 0 bridgehead atoms. The predicted molar refractivity (Wildman–Crippen MR) is 87.3 cm³/mol. The summed E-state index contributed by atoms with van der Waals surface area (Å²) in [5.41, 5.74) is 5.83. The number of aryl methyl sites for hydroxylation is 1. The smallest absolute Gasteiger partial charge is 0.0663 e. The van der Waals surface area contributed by atoms with E-state index >= 15 is 0 Å². The summed E-state index contributed by atoms with van der Waals surface area (Å²) in [7, 11) is 0. The van der Waals surface area contributed by atoms with Crippen LogP contribution in [0.4, 0.5) is 0 Å². The maximum atomic E-state index is 6.43. The zero-order chi connectivity index (χ0) is 15.0. The van der Waals surface area contributed by atoms with Crippen molar-refractivity contribution in [2.45, 2.75) is 52.6 Å². The van der Waals surface area contributed by atoms with Crippen molar-refractivity contribution in [3.8, 4) is 5.69 Å². The standard InChI is InChI=1S/C17H22ClN3/c1-4-16-11(2)20-21(12(16)3)15-8-5-13(17(18)9-15)10-19-14-6-7-14/h5,8-9,14,19H,4,6-7,10H2,1-3H3. The Morgan fingerprint density at radius 3 is 2.67 bits per heavy atom. The highest BCUT2D eigenvalue weighted by Gasteiger charge is 2.20. The van der Waals surface area contributed by atoms with E-state index < -0.39 is 0 Å². The van der Waals surface area contributed by atoms with Gasteiger partial charge in [-0.25, -0.2) is 4.68 Å². The van der Waals surface area contributed by atoms with E-state index in [1.165, 1.54) is 24.1 Å². The highest BCUT2D eigenvalue weighted by atomic mass is 35.5. The molecule has 1 aromatic heterocycles. The first-order valence-electron chi connectivity index (χ1n) is 7.67. The van der Waals surface area contributed by atoms with Crippen LogP contribution in [-0.4, -0.2) is 15.8 Å². The molecule has 1 aromatic carbocycles. The fourth-order valence-electron chi connectivity index (χ4n) is 2.79. The Bertz CT molecular complexity index is 656. The quantitative estimate of drug-likeness (QED) is 0.906. The summed E-state index contributed by atoms with van der Waals surface area (Å²) in [6.07, 6.45) is 3.59. The molecule has 1 saturated carbocycles. The van der Waals surface area contributed by atoms with Crippen LogP contribution in [0.2, 0.25) is 5.02 Å². The Morgan fingerprint density at radius 1 is 1.33 bits per heavy atom. The Morgan fingerprint density at radius 2 is 2.10 bits per heavy atom. The molecule has 0 saturated heterocycles. The Labute approximate surface area is 131 Å². The largest absolute Gasteiger partial charge is 0.310 e. The molecular weight excluding hydrogens is 282 g/mol.